The SMILES string of the molecule is CCN(c1ccc(NC(=O)N2CCC[C@H]2CO)cc1)C(C)C. The summed E-state index contributed by atoms with van der Waals surface area (Å²) in [6, 6.07) is 8.21. The van der Waals surface area contributed by atoms with Gasteiger partial charge in [0.2, 0.25) is 0 Å². The molecular formula is C17H27N3O2. The summed E-state index contributed by atoms with van der Waals surface area (Å²) in [5.74, 6) is 0. The van der Waals surface area contributed by atoms with Crippen molar-refractivity contribution in [3.05, 3.63) is 24.3 Å². The van der Waals surface area contributed by atoms with Gasteiger partial charge in [0.25, 0.3) is 0 Å². The second kappa shape index (κ2) is 7.49. The summed E-state index contributed by atoms with van der Waals surface area (Å²) >= 11 is 0. The van der Waals surface area contributed by atoms with E-state index < -0.39 is 0 Å². The number of carbonyl (C=O) groups is 1. The van der Waals surface area contributed by atoms with Crippen LogP contribution in [0.15, 0.2) is 24.3 Å². The number of amides is 2. The summed E-state index contributed by atoms with van der Waals surface area (Å²) in [4.78, 5) is 16.3. The van der Waals surface area contributed by atoms with E-state index in [1.54, 1.807) is 4.90 Å². The number of urea groups is 1. The van der Waals surface area contributed by atoms with Crippen LogP contribution in [0.5, 0.6) is 0 Å². The van der Waals surface area contributed by atoms with Crippen molar-refractivity contribution in [2.75, 3.05) is 29.9 Å². The number of carbonyl (C=O) groups excluding carboxylic acids is 1. The number of aliphatic hydroxyl groups is 1. The molecule has 1 aromatic carbocycles. The van der Waals surface area contributed by atoms with Gasteiger partial charge in [-0.1, -0.05) is 0 Å². The predicted molar refractivity (Wildman–Crippen MR) is 90.4 cm³/mol. The highest BCUT2D eigenvalue weighted by Crippen LogP contribution is 2.22. The number of benzene rings is 1. The molecule has 122 valence electrons. The smallest absolute Gasteiger partial charge is 0.322 e. The van der Waals surface area contributed by atoms with Crippen LogP contribution in [0.1, 0.15) is 33.6 Å². The van der Waals surface area contributed by atoms with Crippen LogP contribution in [-0.2, 0) is 0 Å². The minimum Gasteiger partial charge on any atom is -0.394 e. The van der Waals surface area contributed by atoms with Gasteiger partial charge in [0.1, 0.15) is 0 Å². The van der Waals surface area contributed by atoms with E-state index in [0.29, 0.717) is 12.6 Å². The number of aliphatic hydroxyl groups excluding tert-OH is 1. The molecule has 1 aliphatic heterocycles. The van der Waals surface area contributed by atoms with Crippen LogP contribution < -0.4 is 10.2 Å². The van der Waals surface area contributed by atoms with Crippen LogP contribution in [0.2, 0.25) is 0 Å². The van der Waals surface area contributed by atoms with E-state index in [1.165, 1.54) is 0 Å². The van der Waals surface area contributed by atoms with Gasteiger partial charge in [-0.25, -0.2) is 4.79 Å². The third-order valence-electron chi connectivity index (χ3n) is 4.26. The van der Waals surface area contributed by atoms with Crippen LogP contribution in [0.3, 0.4) is 0 Å². The van der Waals surface area contributed by atoms with Gasteiger partial charge < -0.3 is 20.2 Å². The van der Waals surface area contributed by atoms with Gasteiger partial charge >= 0.3 is 6.03 Å². The van der Waals surface area contributed by atoms with E-state index >= 15 is 0 Å². The minimum atomic E-state index is -0.125. The molecule has 0 spiro atoms. The first kappa shape index (κ1) is 16.6. The number of nitrogens with zero attached hydrogens (tertiary/aromatic N) is 2. The Morgan fingerprint density at radius 3 is 2.64 bits per heavy atom. The van der Waals surface area contributed by atoms with E-state index in [-0.39, 0.29) is 18.7 Å². The summed E-state index contributed by atoms with van der Waals surface area (Å²) in [6.45, 7) is 8.18. The second-order valence-corrected chi connectivity index (χ2v) is 6.03. The molecule has 1 fully saturated rings. The Morgan fingerprint density at radius 2 is 2.09 bits per heavy atom. The number of hydrogen-bond acceptors (Lipinski definition) is 3. The molecule has 2 N–H and O–H groups in total. The van der Waals surface area contributed by atoms with Crippen molar-refractivity contribution in [3.63, 3.8) is 0 Å². The molecule has 2 rings (SSSR count). The molecule has 5 heteroatoms. The minimum absolute atomic E-state index is 0.0339. The predicted octanol–water partition coefficient (Wildman–Crippen LogP) is 2.91. The highest BCUT2D eigenvalue weighted by molar-refractivity contribution is 5.90. The van der Waals surface area contributed by atoms with Crippen molar-refractivity contribution in [1.82, 2.24) is 4.90 Å². The van der Waals surface area contributed by atoms with Crippen LogP contribution in [0.25, 0.3) is 0 Å². The van der Waals surface area contributed by atoms with Crippen LogP contribution in [0, 0.1) is 0 Å². The number of nitrogens with one attached hydrogen (secondary N) is 1. The molecule has 0 aromatic heterocycles. The van der Waals surface area contributed by atoms with Crippen LogP contribution >= 0.6 is 0 Å². The first-order valence-corrected chi connectivity index (χ1v) is 8.12. The first-order valence-electron chi connectivity index (χ1n) is 8.12. The molecule has 0 aliphatic carbocycles. The second-order valence-electron chi connectivity index (χ2n) is 6.03. The van der Waals surface area contributed by atoms with Gasteiger partial charge in [-0.15, -0.1) is 0 Å². The highest BCUT2D eigenvalue weighted by Gasteiger charge is 2.27. The van der Waals surface area contributed by atoms with E-state index in [4.69, 9.17) is 0 Å². The Bertz CT molecular complexity index is 487. The summed E-state index contributed by atoms with van der Waals surface area (Å²) in [6.07, 6.45) is 1.83. The molecule has 0 radical (unpaired) electrons. The molecular weight excluding hydrogens is 278 g/mol. The average Bonchev–Trinajstić information content (AvgIpc) is 2.98. The molecule has 0 saturated carbocycles. The lowest BCUT2D eigenvalue weighted by Gasteiger charge is -2.28. The Labute approximate surface area is 132 Å². The summed E-state index contributed by atoms with van der Waals surface area (Å²) in [5, 5.41) is 12.2. The van der Waals surface area contributed by atoms with Gasteiger partial charge in [0.15, 0.2) is 0 Å². The van der Waals surface area contributed by atoms with Crippen molar-refractivity contribution in [2.24, 2.45) is 0 Å². The molecule has 1 saturated heterocycles. The fourth-order valence-corrected chi connectivity index (χ4v) is 3.07. The molecule has 0 bridgehead atoms. The number of rotatable bonds is 5. The van der Waals surface area contributed by atoms with Crippen molar-refractivity contribution < 1.29 is 9.90 Å². The molecule has 22 heavy (non-hydrogen) atoms. The maximum atomic E-state index is 12.3. The third kappa shape index (κ3) is 3.71. The van der Waals surface area contributed by atoms with Gasteiger partial charge in [0, 0.05) is 30.5 Å². The zero-order valence-corrected chi connectivity index (χ0v) is 13.7. The lowest BCUT2D eigenvalue weighted by atomic mass is 10.2. The van der Waals surface area contributed by atoms with Crippen LogP contribution in [-0.4, -0.2) is 47.8 Å². The van der Waals surface area contributed by atoms with Crippen molar-refractivity contribution in [1.29, 1.82) is 0 Å². The van der Waals surface area contributed by atoms with Crippen molar-refractivity contribution >= 4 is 17.4 Å². The lowest BCUT2D eigenvalue weighted by molar-refractivity contribution is 0.166. The molecule has 1 heterocycles. The maximum absolute atomic E-state index is 12.3. The molecule has 1 atom stereocenters. The fourth-order valence-electron chi connectivity index (χ4n) is 3.07. The van der Waals surface area contributed by atoms with Gasteiger partial charge in [-0.3, -0.25) is 0 Å². The van der Waals surface area contributed by atoms with E-state index in [9.17, 15) is 9.90 Å². The summed E-state index contributed by atoms with van der Waals surface area (Å²) < 4.78 is 0. The third-order valence-corrected chi connectivity index (χ3v) is 4.26. The molecule has 1 aliphatic rings. The summed E-state index contributed by atoms with van der Waals surface area (Å²) in [7, 11) is 0. The fraction of sp³-hybridized carbons (Fsp3) is 0.588. The van der Waals surface area contributed by atoms with Gasteiger partial charge in [-0.05, 0) is 57.9 Å². The zero-order chi connectivity index (χ0) is 16.1. The molecule has 1 aromatic rings. The Hall–Kier alpha value is -1.75. The maximum Gasteiger partial charge on any atom is 0.322 e. The van der Waals surface area contributed by atoms with Crippen molar-refractivity contribution in [2.45, 2.75) is 45.7 Å². The average molecular weight is 305 g/mol. The largest absolute Gasteiger partial charge is 0.394 e. The van der Waals surface area contributed by atoms with Crippen molar-refractivity contribution in [3.8, 4) is 0 Å². The van der Waals surface area contributed by atoms with E-state index in [2.05, 4.69) is 31.0 Å². The number of likely N-dealkylation sites (tertiary alicyclic amines) is 1. The topological polar surface area (TPSA) is 55.8 Å². The zero-order valence-electron chi connectivity index (χ0n) is 13.7. The Morgan fingerprint density at radius 1 is 1.41 bits per heavy atom. The molecule has 2 amide bonds. The lowest BCUT2D eigenvalue weighted by Crippen LogP contribution is -2.40. The van der Waals surface area contributed by atoms with Gasteiger partial charge in [0.05, 0.1) is 12.6 Å². The van der Waals surface area contributed by atoms with E-state index in [0.717, 1.165) is 30.8 Å². The summed E-state index contributed by atoms with van der Waals surface area (Å²) in [5.41, 5.74) is 1.95. The number of anilines is 2. The monoisotopic (exact) mass is 305 g/mol. The molecule has 5 nitrogen and oxygen atoms in total. The highest BCUT2D eigenvalue weighted by atomic mass is 16.3. The van der Waals surface area contributed by atoms with Gasteiger partial charge in [-0.2, -0.15) is 0 Å². The first-order chi connectivity index (χ1) is 10.6. The normalized spacial score (nSPS) is 17.9. The Kier molecular flexibility index (Phi) is 5.66. The van der Waals surface area contributed by atoms with Crippen LogP contribution in [0.4, 0.5) is 16.2 Å². The standard InChI is InChI=1S/C17H27N3O2/c1-4-19(13(2)3)15-9-7-14(8-10-15)18-17(22)20-11-5-6-16(20)12-21/h7-10,13,16,21H,4-6,11-12H2,1-3H3,(H,18,22)/t16-/m0/s1. The molecule has 0 unspecified atom stereocenters. The van der Waals surface area contributed by atoms with E-state index in [1.807, 2.05) is 24.3 Å². The number of hydrogen-bond donors (Lipinski definition) is 2. The quantitative estimate of drug-likeness (QED) is 0.879. The Balaban J connectivity index is 2.00.